The molecule has 1 unspecified atom stereocenters. The van der Waals surface area contributed by atoms with Crippen LogP contribution in [0.1, 0.15) is 48.8 Å². The Labute approximate surface area is 216 Å². The molecule has 6 rings (SSSR count). The second-order valence-corrected chi connectivity index (χ2v) is 9.66. The number of anilines is 2. The molecular weight excluding hydrogens is 462 g/mol. The van der Waals surface area contributed by atoms with Crippen LogP contribution < -0.4 is 10.6 Å². The van der Waals surface area contributed by atoms with Crippen LogP contribution in [0.2, 0.25) is 0 Å². The molecule has 1 aliphatic heterocycles. The lowest BCUT2D eigenvalue weighted by molar-refractivity contribution is -0.119. The lowest BCUT2D eigenvalue weighted by Gasteiger charge is -2.23. The Morgan fingerprint density at radius 1 is 0.757 bits per heavy atom. The highest BCUT2D eigenvalue weighted by Gasteiger charge is 2.27. The number of aliphatic imine (C=N–C) groups is 1. The first-order chi connectivity index (χ1) is 18.2. The van der Waals surface area contributed by atoms with Gasteiger partial charge in [-0.15, -0.1) is 5.10 Å². The summed E-state index contributed by atoms with van der Waals surface area (Å²) in [6, 6.07) is 26.6. The minimum Gasteiger partial charge on any atom is -0.403 e. The molecule has 1 saturated carbocycles. The van der Waals surface area contributed by atoms with Gasteiger partial charge in [0, 0.05) is 34.8 Å². The van der Waals surface area contributed by atoms with Gasteiger partial charge in [0.15, 0.2) is 11.9 Å². The highest BCUT2D eigenvalue weighted by Crippen LogP contribution is 2.26. The lowest BCUT2D eigenvalue weighted by atomic mass is 9.95. The molecule has 0 saturated heterocycles. The number of Topliss-reactive ketones (excluding diaryl/α,β-unsaturated/α-hetero) is 1. The van der Waals surface area contributed by atoms with E-state index in [1.807, 2.05) is 78.9 Å². The Bertz CT molecular complexity index is 1410. The molecular formula is C30H29N5O2. The van der Waals surface area contributed by atoms with E-state index in [9.17, 15) is 4.79 Å². The third-order valence-corrected chi connectivity index (χ3v) is 7.04. The maximum absolute atomic E-state index is 13.2. The third kappa shape index (κ3) is 5.16. The topological polar surface area (TPSA) is 92.4 Å². The fourth-order valence-corrected chi connectivity index (χ4v) is 5.11. The molecule has 2 N–H and O–H groups in total. The average Bonchev–Trinajstić information content (AvgIpc) is 3.36. The van der Waals surface area contributed by atoms with Crippen molar-refractivity contribution in [1.82, 2.24) is 10.2 Å². The normalized spacial score (nSPS) is 18.0. The van der Waals surface area contributed by atoms with Crippen LogP contribution in [0.15, 0.2) is 88.3 Å². The number of carbonyl (C=O) groups is 1. The molecule has 0 radical (unpaired) electrons. The van der Waals surface area contributed by atoms with Crippen molar-refractivity contribution in [3.05, 3.63) is 95.6 Å². The second-order valence-electron chi connectivity index (χ2n) is 9.66. The Kier molecular flexibility index (Phi) is 6.50. The fourth-order valence-electron chi connectivity index (χ4n) is 5.11. The number of aromatic nitrogens is 2. The van der Waals surface area contributed by atoms with E-state index in [-0.39, 0.29) is 18.2 Å². The van der Waals surface area contributed by atoms with E-state index < -0.39 is 6.17 Å². The number of carbonyl (C=O) groups excluding carboxylic acids is 1. The van der Waals surface area contributed by atoms with Crippen LogP contribution in [0.25, 0.3) is 11.5 Å². The fraction of sp³-hybridized carbons (Fsp3) is 0.267. The molecule has 2 aliphatic rings. The number of fused-ring (bicyclic) bond motifs is 1. The van der Waals surface area contributed by atoms with Crippen molar-refractivity contribution in [2.45, 2.75) is 50.7 Å². The van der Waals surface area contributed by atoms with Gasteiger partial charge in [0.1, 0.15) is 0 Å². The van der Waals surface area contributed by atoms with Crippen molar-refractivity contribution in [2.75, 3.05) is 10.6 Å². The van der Waals surface area contributed by atoms with Gasteiger partial charge in [-0.3, -0.25) is 9.79 Å². The summed E-state index contributed by atoms with van der Waals surface area (Å²) in [7, 11) is 0. The van der Waals surface area contributed by atoms with E-state index in [0.29, 0.717) is 11.9 Å². The molecule has 1 atom stereocenters. The summed E-state index contributed by atoms with van der Waals surface area (Å²) in [4.78, 5) is 18.0. The van der Waals surface area contributed by atoms with Crippen molar-refractivity contribution in [1.29, 1.82) is 0 Å². The number of nitrogens with one attached hydrogen (secondary N) is 2. The third-order valence-electron chi connectivity index (χ3n) is 7.04. The summed E-state index contributed by atoms with van der Waals surface area (Å²) in [5.41, 5.74) is 5.54. The Hall–Kier alpha value is -4.26. The minimum atomic E-state index is -0.835. The number of rotatable bonds is 6. The molecule has 7 nitrogen and oxygen atoms in total. The van der Waals surface area contributed by atoms with E-state index in [2.05, 4.69) is 20.8 Å². The van der Waals surface area contributed by atoms with Crippen LogP contribution in [-0.4, -0.2) is 33.9 Å². The molecule has 0 amide bonds. The van der Waals surface area contributed by atoms with Gasteiger partial charge in [0.2, 0.25) is 5.89 Å². The molecule has 37 heavy (non-hydrogen) atoms. The maximum Gasteiger partial charge on any atom is 0.317 e. The van der Waals surface area contributed by atoms with Crippen LogP contribution in [0.4, 0.5) is 11.7 Å². The van der Waals surface area contributed by atoms with Crippen molar-refractivity contribution >= 4 is 23.2 Å². The van der Waals surface area contributed by atoms with Gasteiger partial charge in [-0.1, -0.05) is 79.0 Å². The van der Waals surface area contributed by atoms with Crippen LogP contribution >= 0.6 is 0 Å². The van der Waals surface area contributed by atoms with E-state index >= 15 is 0 Å². The van der Waals surface area contributed by atoms with Gasteiger partial charge >= 0.3 is 6.01 Å². The largest absolute Gasteiger partial charge is 0.403 e. The summed E-state index contributed by atoms with van der Waals surface area (Å²) in [5.74, 6) is 0.333. The molecule has 0 bridgehead atoms. The Morgan fingerprint density at radius 2 is 1.51 bits per heavy atom. The first-order valence-electron chi connectivity index (χ1n) is 12.9. The monoisotopic (exact) mass is 491 g/mol. The van der Waals surface area contributed by atoms with Crippen molar-refractivity contribution in [3.63, 3.8) is 0 Å². The molecule has 7 heteroatoms. The molecule has 3 aromatic carbocycles. The molecule has 1 aromatic heterocycles. The molecule has 1 fully saturated rings. The zero-order valence-electron chi connectivity index (χ0n) is 20.6. The number of nitrogens with zero attached hydrogens (tertiary/aromatic N) is 3. The molecule has 0 spiro atoms. The predicted octanol–water partition coefficient (Wildman–Crippen LogP) is 5.88. The predicted molar refractivity (Wildman–Crippen MR) is 145 cm³/mol. The Morgan fingerprint density at radius 3 is 2.32 bits per heavy atom. The minimum absolute atomic E-state index is 0.0590. The summed E-state index contributed by atoms with van der Waals surface area (Å²) < 4.78 is 5.89. The SMILES string of the molecule is O=C1Cc2ccccc2C(c2ccccc2)=NC1Nc1nnc(-c2ccc(NC3CCCCC3)cc2)o1. The van der Waals surface area contributed by atoms with Gasteiger partial charge in [0.25, 0.3) is 0 Å². The van der Waals surface area contributed by atoms with Crippen LogP contribution in [0.5, 0.6) is 0 Å². The van der Waals surface area contributed by atoms with Gasteiger partial charge in [-0.2, -0.15) is 0 Å². The summed E-state index contributed by atoms with van der Waals surface area (Å²) in [6.45, 7) is 0. The number of benzene rings is 3. The van der Waals surface area contributed by atoms with E-state index in [0.717, 1.165) is 33.7 Å². The molecule has 4 aromatic rings. The maximum atomic E-state index is 13.2. The number of hydrogen-bond acceptors (Lipinski definition) is 7. The zero-order chi connectivity index (χ0) is 25.0. The molecule has 1 aliphatic carbocycles. The van der Waals surface area contributed by atoms with Gasteiger partial charge in [0.05, 0.1) is 5.71 Å². The van der Waals surface area contributed by atoms with E-state index in [4.69, 9.17) is 9.41 Å². The van der Waals surface area contributed by atoms with Gasteiger partial charge in [-0.25, -0.2) is 0 Å². The van der Waals surface area contributed by atoms with Crippen LogP contribution in [0, 0.1) is 0 Å². The zero-order valence-corrected chi connectivity index (χ0v) is 20.6. The van der Waals surface area contributed by atoms with E-state index in [1.54, 1.807) is 0 Å². The van der Waals surface area contributed by atoms with Crippen LogP contribution in [-0.2, 0) is 11.2 Å². The first kappa shape index (κ1) is 23.2. The summed E-state index contributed by atoms with van der Waals surface area (Å²) >= 11 is 0. The summed E-state index contributed by atoms with van der Waals surface area (Å²) in [5, 5.41) is 15.0. The smallest absolute Gasteiger partial charge is 0.317 e. The lowest BCUT2D eigenvalue weighted by Crippen LogP contribution is -2.29. The molecule has 186 valence electrons. The van der Waals surface area contributed by atoms with Gasteiger partial charge in [-0.05, 0) is 42.7 Å². The standard InChI is InChI=1S/C30H29N5O2/c36-26-19-22-11-7-8-14-25(22)27(20-9-3-1-4-10-20)32-28(26)33-30-35-34-29(37-30)21-15-17-24(18-16-21)31-23-12-5-2-6-13-23/h1,3-4,7-11,14-18,23,28,31H,2,5-6,12-13,19H2,(H,33,35). The van der Waals surface area contributed by atoms with Crippen molar-refractivity contribution < 1.29 is 9.21 Å². The van der Waals surface area contributed by atoms with Crippen molar-refractivity contribution in [3.8, 4) is 11.5 Å². The highest BCUT2D eigenvalue weighted by atomic mass is 16.4. The number of ketones is 1. The quantitative estimate of drug-likeness (QED) is 0.350. The Balaban J connectivity index is 1.21. The first-order valence-corrected chi connectivity index (χ1v) is 12.9. The summed E-state index contributed by atoms with van der Waals surface area (Å²) in [6.07, 6.45) is 5.80. The highest BCUT2D eigenvalue weighted by molar-refractivity contribution is 6.16. The van der Waals surface area contributed by atoms with Crippen LogP contribution in [0.3, 0.4) is 0 Å². The van der Waals surface area contributed by atoms with Crippen molar-refractivity contribution in [2.24, 2.45) is 4.99 Å². The number of hydrogen-bond donors (Lipinski definition) is 2. The molecule has 2 heterocycles. The second kappa shape index (κ2) is 10.4. The van der Waals surface area contributed by atoms with Gasteiger partial charge < -0.3 is 15.1 Å². The van der Waals surface area contributed by atoms with E-state index in [1.165, 1.54) is 32.1 Å². The average molecular weight is 492 g/mol.